The molecule has 0 aliphatic heterocycles. The molecule has 0 fully saturated rings. The van der Waals surface area contributed by atoms with Gasteiger partial charge < -0.3 is 0 Å². The zero-order valence-corrected chi connectivity index (χ0v) is 11.1. The summed E-state index contributed by atoms with van der Waals surface area (Å²) in [7, 11) is 0. The van der Waals surface area contributed by atoms with Gasteiger partial charge in [0, 0.05) is 0 Å². The number of amides is 1. The quantitative estimate of drug-likeness (QED) is 0.881. The monoisotopic (exact) mass is 297 g/mol. The van der Waals surface area contributed by atoms with E-state index in [2.05, 4.69) is 15.7 Å². The number of hydrogen-bond donors (Lipinski definition) is 1. The van der Waals surface area contributed by atoms with Crippen LogP contribution in [0.2, 0.25) is 10.3 Å². The Morgan fingerprint density at radius 1 is 1.21 bits per heavy atom. The Hall–Kier alpha value is -1.69. The molecule has 19 heavy (non-hydrogen) atoms. The SMILES string of the molecule is O=C(NOCc1ccccc1)c1cc(Cl)nnc1Cl. The van der Waals surface area contributed by atoms with E-state index in [0.717, 1.165) is 5.56 Å². The van der Waals surface area contributed by atoms with Crippen LogP contribution >= 0.6 is 23.2 Å². The van der Waals surface area contributed by atoms with E-state index in [1.54, 1.807) is 0 Å². The lowest BCUT2D eigenvalue weighted by atomic mass is 10.2. The molecule has 1 heterocycles. The summed E-state index contributed by atoms with van der Waals surface area (Å²) < 4.78 is 0. The summed E-state index contributed by atoms with van der Waals surface area (Å²) in [5, 5.41) is 7.09. The molecule has 1 amide bonds. The van der Waals surface area contributed by atoms with Crippen LogP contribution in [-0.2, 0) is 11.4 Å². The number of nitrogens with one attached hydrogen (secondary N) is 1. The number of nitrogens with zero attached hydrogens (tertiary/aromatic N) is 2. The van der Waals surface area contributed by atoms with Crippen molar-refractivity contribution in [2.75, 3.05) is 0 Å². The minimum Gasteiger partial charge on any atom is -0.269 e. The molecule has 1 N–H and O–H groups in total. The number of rotatable bonds is 4. The molecule has 98 valence electrons. The molecule has 0 bridgehead atoms. The lowest BCUT2D eigenvalue weighted by Gasteiger charge is -2.06. The average molecular weight is 298 g/mol. The van der Waals surface area contributed by atoms with Gasteiger partial charge in [-0.1, -0.05) is 53.5 Å². The van der Waals surface area contributed by atoms with Crippen LogP contribution in [0.15, 0.2) is 36.4 Å². The minimum absolute atomic E-state index is 0.0368. The van der Waals surface area contributed by atoms with E-state index in [1.807, 2.05) is 30.3 Å². The van der Waals surface area contributed by atoms with Gasteiger partial charge in [-0.05, 0) is 11.6 Å². The smallest absolute Gasteiger partial charge is 0.269 e. The Morgan fingerprint density at radius 2 is 1.95 bits per heavy atom. The van der Waals surface area contributed by atoms with Crippen LogP contribution in [0.5, 0.6) is 0 Å². The fourth-order valence-corrected chi connectivity index (χ4v) is 1.65. The van der Waals surface area contributed by atoms with E-state index in [4.69, 9.17) is 28.0 Å². The zero-order valence-electron chi connectivity index (χ0n) is 9.64. The third-order valence-electron chi connectivity index (χ3n) is 2.21. The Morgan fingerprint density at radius 3 is 2.68 bits per heavy atom. The van der Waals surface area contributed by atoms with Crippen LogP contribution in [0.25, 0.3) is 0 Å². The number of benzene rings is 1. The Bertz CT molecular complexity index is 578. The fourth-order valence-electron chi connectivity index (χ4n) is 1.33. The first-order valence-corrected chi connectivity index (χ1v) is 6.07. The van der Waals surface area contributed by atoms with Crippen LogP contribution in [-0.4, -0.2) is 16.1 Å². The van der Waals surface area contributed by atoms with Gasteiger partial charge in [0.05, 0.1) is 12.2 Å². The molecular weight excluding hydrogens is 289 g/mol. The first-order chi connectivity index (χ1) is 9.16. The highest BCUT2D eigenvalue weighted by Gasteiger charge is 2.13. The molecular formula is C12H9Cl2N3O2. The van der Waals surface area contributed by atoms with Crippen LogP contribution in [0.1, 0.15) is 15.9 Å². The maximum atomic E-state index is 11.8. The molecule has 2 rings (SSSR count). The van der Waals surface area contributed by atoms with Crippen molar-refractivity contribution in [3.8, 4) is 0 Å². The summed E-state index contributed by atoms with van der Waals surface area (Å²) >= 11 is 11.4. The number of carbonyl (C=O) groups excluding carboxylic acids is 1. The van der Waals surface area contributed by atoms with Gasteiger partial charge in [-0.2, -0.15) is 0 Å². The molecule has 1 aromatic heterocycles. The topological polar surface area (TPSA) is 64.1 Å². The number of halogens is 2. The van der Waals surface area contributed by atoms with Crippen molar-refractivity contribution in [1.29, 1.82) is 0 Å². The van der Waals surface area contributed by atoms with Crippen molar-refractivity contribution in [1.82, 2.24) is 15.7 Å². The van der Waals surface area contributed by atoms with Gasteiger partial charge in [0.25, 0.3) is 5.91 Å². The van der Waals surface area contributed by atoms with Gasteiger partial charge in [0.1, 0.15) is 0 Å². The molecule has 0 spiro atoms. The van der Waals surface area contributed by atoms with E-state index in [1.165, 1.54) is 6.07 Å². The lowest BCUT2D eigenvalue weighted by molar-refractivity contribution is 0.0233. The number of hydroxylamine groups is 1. The highest BCUT2D eigenvalue weighted by Crippen LogP contribution is 2.15. The second kappa shape index (κ2) is 6.47. The van der Waals surface area contributed by atoms with Crippen LogP contribution < -0.4 is 5.48 Å². The van der Waals surface area contributed by atoms with Crippen molar-refractivity contribution >= 4 is 29.1 Å². The molecule has 0 aliphatic carbocycles. The predicted molar refractivity (Wildman–Crippen MR) is 70.7 cm³/mol. The van der Waals surface area contributed by atoms with E-state index >= 15 is 0 Å². The van der Waals surface area contributed by atoms with E-state index in [0.29, 0.717) is 0 Å². The maximum absolute atomic E-state index is 11.8. The summed E-state index contributed by atoms with van der Waals surface area (Å²) in [5.41, 5.74) is 3.30. The summed E-state index contributed by atoms with van der Waals surface area (Å²) in [4.78, 5) is 16.8. The molecule has 0 atom stereocenters. The van der Waals surface area contributed by atoms with Gasteiger partial charge >= 0.3 is 0 Å². The average Bonchev–Trinajstić information content (AvgIpc) is 2.42. The van der Waals surface area contributed by atoms with Crippen molar-refractivity contribution < 1.29 is 9.63 Å². The number of carbonyl (C=O) groups is 1. The molecule has 0 radical (unpaired) electrons. The van der Waals surface area contributed by atoms with E-state index < -0.39 is 5.91 Å². The standard InChI is InChI=1S/C12H9Cl2N3O2/c13-10-6-9(11(14)16-15-10)12(18)17-19-7-8-4-2-1-3-5-8/h1-6H,7H2,(H,17,18). The Balaban J connectivity index is 1.93. The Kier molecular flexibility index (Phi) is 4.68. The molecule has 0 saturated carbocycles. The molecule has 0 saturated heterocycles. The van der Waals surface area contributed by atoms with Gasteiger partial charge in [-0.3, -0.25) is 9.63 Å². The summed E-state index contributed by atoms with van der Waals surface area (Å²) in [5.74, 6) is -0.530. The predicted octanol–water partition coefficient (Wildman–Crippen LogP) is 2.65. The minimum atomic E-state index is -0.530. The third kappa shape index (κ3) is 3.89. The van der Waals surface area contributed by atoms with E-state index in [-0.39, 0.29) is 22.5 Å². The first kappa shape index (κ1) is 13.7. The second-order valence-corrected chi connectivity index (χ2v) is 4.32. The van der Waals surface area contributed by atoms with Crippen molar-refractivity contribution in [3.63, 3.8) is 0 Å². The number of aromatic nitrogens is 2. The molecule has 5 nitrogen and oxygen atoms in total. The summed E-state index contributed by atoms with van der Waals surface area (Å²) in [6.45, 7) is 0.246. The van der Waals surface area contributed by atoms with Gasteiger partial charge in [0.2, 0.25) is 0 Å². The summed E-state index contributed by atoms with van der Waals surface area (Å²) in [6, 6.07) is 10.7. The second-order valence-electron chi connectivity index (χ2n) is 3.58. The number of hydrogen-bond acceptors (Lipinski definition) is 4. The van der Waals surface area contributed by atoms with Crippen LogP contribution in [0.4, 0.5) is 0 Å². The van der Waals surface area contributed by atoms with Crippen molar-refractivity contribution in [2.45, 2.75) is 6.61 Å². The normalized spacial score (nSPS) is 10.2. The van der Waals surface area contributed by atoms with E-state index in [9.17, 15) is 4.79 Å². The van der Waals surface area contributed by atoms with Crippen molar-refractivity contribution in [2.24, 2.45) is 0 Å². The first-order valence-electron chi connectivity index (χ1n) is 5.31. The van der Waals surface area contributed by atoms with Crippen LogP contribution in [0.3, 0.4) is 0 Å². The zero-order chi connectivity index (χ0) is 13.7. The molecule has 7 heteroatoms. The highest BCUT2D eigenvalue weighted by molar-refractivity contribution is 6.34. The highest BCUT2D eigenvalue weighted by atomic mass is 35.5. The fraction of sp³-hybridized carbons (Fsp3) is 0.0833. The Labute approximate surface area is 119 Å². The molecule has 0 unspecified atom stereocenters. The van der Waals surface area contributed by atoms with Gasteiger partial charge in [0.15, 0.2) is 10.3 Å². The maximum Gasteiger partial charge on any atom is 0.278 e. The van der Waals surface area contributed by atoms with Crippen LogP contribution in [0, 0.1) is 0 Å². The molecule has 0 aliphatic rings. The van der Waals surface area contributed by atoms with Gasteiger partial charge in [-0.25, -0.2) is 5.48 Å². The molecule has 1 aromatic carbocycles. The third-order valence-corrected chi connectivity index (χ3v) is 2.67. The summed E-state index contributed by atoms with van der Waals surface area (Å²) in [6.07, 6.45) is 0. The largest absolute Gasteiger partial charge is 0.278 e. The lowest BCUT2D eigenvalue weighted by Crippen LogP contribution is -2.24. The molecule has 2 aromatic rings. The van der Waals surface area contributed by atoms with Crippen molar-refractivity contribution in [3.05, 3.63) is 57.8 Å². The van der Waals surface area contributed by atoms with Gasteiger partial charge in [-0.15, -0.1) is 10.2 Å².